The molecule has 0 aromatic carbocycles. The van der Waals surface area contributed by atoms with Crippen LogP contribution in [0.4, 0.5) is 5.82 Å². The largest absolute Gasteiger partial charge is 0.361 e. The summed E-state index contributed by atoms with van der Waals surface area (Å²) in [5, 5.41) is 21.2. The molecule has 1 saturated heterocycles. The van der Waals surface area contributed by atoms with Crippen molar-refractivity contribution in [3.8, 4) is 0 Å². The molecule has 4 rings (SSSR count). The van der Waals surface area contributed by atoms with E-state index in [2.05, 4.69) is 30.5 Å². The highest BCUT2D eigenvalue weighted by molar-refractivity contribution is 5.45. The van der Waals surface area contributed by atoms with Crippen LogP contribution in [0.1, 0.15) is 36.0 Å². The minimum atomic E-state index is 0.368. The lowest BCUT2D eigenvalue weighted by molar-refractivity contribution is 0.194. The average Bonchev–Trinajstić information content (AvgIpc) is 3.21. The number of hydrogen-bond acceptors (Lipinski definition) is 8. The number of fused-ring (bicyclic) bond motifs is 1. The highest BCUT2D eigenvalue weighted by Gasteiger charge is 2.26. The molecule has 0 amide bonds. The minimum absolute atomic E-state index is 0.368. The zero-order valence-electron chi connectivity index (χ0n) is 14.8. The summed E-state index contributed by atoms with van der Waals surface area (Å²) in [5.74, 6) is 2.23. The number of piperidine rings is 1. The second-order valence-electron chi connectivity index (χ2n) is 6.76. The smallest absolute Gasteiger partial charge is 0.178 e. The first kappa shape index (κ1) is 15.9. The molecule has 0 bridgehead atoms. The zero-order valence-corrected chi connectivity index (χ0v) is 14.8. The van der Waals surface area contributed by atoms with Gasteiger partial charge < -0.3 is 4.90 Å². The molecule has 25 heavy (non-hydrogen) atoms. The van der Waals surface area contributed by atoms with Crippen molar-refractivity contribution in [1.82, 2.24) is 35.0 Å². The van der Waals surface area contributed by atoms with Crippen molar-refractivity contribution in [1.29, 1.82) is 0 Å². The number of aromatic nitrogens is 6. The fraction of sp³-hybridized carbons (Fsp3) is 0.562. The first-order valence-electron chi connectivity index (χ1n) is 8.52. The van der Waals surface area contributed by atoms with E-state index < -0.39 is 0 Å². The third-order valence-electron chi connectivity index (χ3n) is 4.80. The van der Waals surface area contributed by atoms with Crippen LogP contribution in [-0.2, 0) is 6.54 Å². The number of likely N-dealkylation sites (tertiary alicyclic amines) is 1. The summed E-state index contributed by atoms with van der Waals surface area (Å²) < 4.78 is 6.68. The fourth-order valence-corrected chi connectivity index (χ4v) is 3.24. The topological polar surface area (TPSA) is 88.5 Å². The van der Waals surface area contributed by atoms with Crippen molar-refractivity contribution in [3.05, 3.63) is 29.3 Å². The third-order valence-corrected chi connectivity index (χ3v) is 4.80. The van der Waals surface area contributed by atoms with Gasteiger partial charge in [-0.3, -0.25) is 4.90 Å². The Morgan fingerprint density at radius 3 is 2.64 bits per heavy atom. The van der Waals surface area contributed by atoms with Crippen LogP contribution >= 0.6 is 0 Å². The summed E-state index contributed by atoms with van der Waals surface area (Å²) in [6.45, 7) is 4.68. The highest BCUT2D eigenvalue weighted by atomic mass is 16.6. The predicted octanol–water partition coefficient (Wildman–Crippen LogP) is 1.26. The zero-order chi connectivity index (χ0) is 17.4. The van der Waals surface area contributed by atoms with Crippen LogP contribution in [0.15, 0.2) is 16.8 Å². The monoisotopic (exact) mass is 342 g/mol. The predicted molar refractivity (Wildman–Crippen MR) is 91.4 cm³/mol. The van der Waals surface area contributed by atoms with Crippen molar-refractivity contribution < 1.29 is 4.63 Å². The number of nitrogens with zero attached hydrogens (tertiary/aromatic N) is 8. The second-order valence-corrected chi connectivity index (χ2v) is 6.76. The Morgan fingerprint density at radius 1 is 1.16 bits per heavy atom. The Hall–Kier alpha value is -2.55. The Balaban J connectivity index is 1.48. The highest BCUT2D eigenvalue weighted by Crippen LogP contribution is 2.28. The van der Waals surface area contributed by atoms with Crippen LogP contribution < -0.4 is 4.90 Å². The molecule has 0 radical (unpaired) electrons. The second kappa shape index (κ2) is 6.40. The van der Waals surface area contributed by atoms with Gasteiger partial charge in [-0.25, -0.2) is 4.63 Å². The third kappa shape index (κ3) is 3.07. The van der Waals surface area contributed by atoms with Gasteiger partial charge in [-0.15, -0.1) is 15.3 Å². The van der Waals surface area contributed by atoms with Gasteiger partial charge in [0, 0.05) is 26.6 Å². The lowest BCUT2D eigenvalue weighted by Gasteiger charge is -2.30. The van der Waals surface area contributed by atoms with Crippen molar-refractivity contribution in [2.24, 2.45) is 0 Å². The molecular formula is C16H22N8O. The Labute approximate surface area is 145 Å². The molecule has 1 aliphatic heterocycles. The molecule has 1 aliphatic rings. The van der Waals surface area contributed by atoms with E-state index in [9.17, 15) is 0 Å². The average molecular weight is 342 g/mol. The van der Waals surface area contributed by atoms with Crippen LogP contribution in [0.2, 0.25) is 0 Å². The molecule has 9 nitrogen and oxygen atoms in total. The maximum atomic E-state index is 4.79. The molecular weight excluding hydrogens is 320 g/mol. The molecule has 3 aromatic rings. The Bertz CT molecular complexity index is 862. The Kier molecular flexibility index (Phi) is 4.08. The minimum Gasteiger partial charge on any atom is -0.361 e. The van der Waals surface area contributed by atoms with Crippen molar-refractivity contribution >= 4 is 11.5 Å². The van der Waals surface area contributed by atoms with Crippen LogP contribution in [0.5, 0.6) is 0 Å². The molecule has 0 unspecified atom stereocenters. The molecule has 132 valence electrons. The van der Waals surface area contributed by atoms with E-state index in [0.29, 0.717) is 5.92 Å². The molecule has 0 atom stereocenters. The molecule has 1 fully saturated rings. The number of rotatable bonds is 4. The van der Waals surface area contributed by atoms with Crippen molar-refractivity contribution in [3.63, 3.8) is 0 Å². The summed E-state index contributed by atoms with van der Waals surface area (Å²) in [6.07, 6.45) is 2.05. The van der Waals surface area contributed by atoms with Gasteiger partial charge in [0.05, 0.1) is 0 Å². The van der Waals surface area contributed by atoms with E-state index in [4.69, 9.17) is 4.63 Å². The first-order chi connectivity index (χ1) is 12.1. The van der Waals surface area contributed by atoms with Gasteiger partial charge in [0.15, 0.2) is 11.5 Å². The van der Waals surface area contributed by atoms with Gasteiger partial charge in [-0.05, 0) is 45.0 Å². The van der Waals surface area contributed by atoms with E-state index >= 15 is 0 Å². The lowest BCUT2D eigenvalue weighted by atomic mass is 9.96. The normalized spacial score (nSPS) is 16.6. The fourth-order valence-electron chi connectivity index (χ4n) is 3.24. The summed E-state index contributed by atoms with van der Waals surface area (Å²) in [4.78, 5) is 4.37. The van der Waals surface area contributed by atoms with E-state index in [1.54, 1.807) is 0 Å². The molecule has 0 aliphatic carbocycles. The van der Waals surface area contributed by atoms with Gasteiger partial charge in [0.2, 0.25) is 0 Å². The van der Waals surface area contributed by atoms with Gasteiger partial charge in [0.1, 0.15) is 17.2 Å². The maximum absolute atomic E-state index is 4.79. The van der Waals surface area contributed by atoms with E-state index in [1.165, 1.54) is 0 Å². The van der Waals surface area contributed by atoms with E-state index in [1.807, 2.05) is 42.6 Å². The van der Waals surface area contributed by atoms with E-state index in [0.717, 1.165) is 61.2 Å². The van der Waals surface area contributed by atoms with Gasteiger partial charge in [-0.2, -0.15) is 4.52 Å². The standard InChI is InChI=1S/C16H22N8O/c1-11-13(21-25-20-11)10-23-8-6-12(7-9-23)16-18-17-14-4-5-15(22(2)3)19-24(14)16/h4-5,12H,6-10H2,1-3H3. The van der Waals surface area contributed by atoms with Gasteiger partial charge in [0.25, 0.3) is 0 Å². The van der Waals surface area contributed by atoms with Gasteiger partial charge >= 0.3 is 0 Å². The van der Waals surface area contributed by atoms with E-state index in [-0.39, 0.29) is 0 Å². The quantitative estimate of drug-likeness (QED) is 0.700. The molecule has 9 heteroatoms. The summed E-state index contributed by atoms with van der Waals surface area (Å²) >= 11 is 0. The summed E-state index contributed by atoms with van der Waals surface area (Å²) in [7, 11) is 3.97. The number of hydrogen-bond donors (Lipinski definition) is 0. The SMILES string of the molecule is Cc1nonc1CN1CCC(c2nnc3ccc(N(C)C)nn23)CC1. The van der Waals surface area contributed by atoms with Crippen molar-refractivity contribution in [2.45, 2.75) is 32.2 Å². The first-order valence-corrected chi connectivity index (χ1v) is 8.52. The molecule has 4 heterocycles. The maximum Gasteiger partial charge on any atom is 0.178 e. The number of aryl methyl sites for hydroxylation is 1. The summed E-state index contributed by atoms with van der Waals surface area (Å²) in [6, 6.07) is 3.93. The molecule has 0 saturated carbocycles. The van der Waals surface area contributed by atoms with Crippen molar-refractivity contribution in [2.75, 3.05) is 32.1 Å². The lowest BCUT2D eigenvalue weighted by Crippen LogP contribution is -2.33. The summed E-state index contributed by atoms with van der Waals surface area (Å²) in [5.41, 5.74) is 2.59. The van der Waals surface area contributed by atoms with Crippen LogP contribution in [0.25, 0.3) is 5.65 Å². The van der Waals surface area contributed by atoms with Crippen LogP contribution in [0, 0.1) is 6.92 Å². The van der Waals surface area contributed by atoms with Gasteiger partial charge in [-0.1, -0.05) is 10.3 Å². The van der Waals surface area contributed by atoms with Crippen LogP contribution in [0.3, 0.4) is 0 Å². The molecule has 0 spiro atoms. The van der Waals surface area contributed by atoms with Crippen LogP contribution in [-0.4, -0.2) is 62.2 Å². The molecule has 0 N–H and O–H groups in total. The number of anilines is 1. The molecule has 3 aromatic heterocycles. The Morgan fingerprint density at radius 2 is 1.96 bits per heavy atom.